The van der Waals surface area contributed by atoms with Gasteiger partial charge in [-0.3, -0.25) is 19.5 Å². The third kappa shape index (κ3) is 4.89. The number of nitrogens with one attached hydrogen (secondary N) is 1. The molecule has 1 amide bonds. The summed E-state index contributed by atoms with van der Waals surface area (Å²) in [5, 5.41) is 11.6. The van der Waals surface area contributed by atoms with E-state index in [0.29, 0.717) is 44.0 Å². The van der Waals surface area contributed by atoms with Crippen molar-refractivity contribution in [2.45, 2.75) is 33.9 Å². The van der Waals surface area contributed by atoms with Crippen LogP contribution in [0.4, 0.5) is 5.13 Å². The van der Waals surface area contributed by atoms with Crippen LogP contribution in [0.5, 0.6) is 0 Å². The van der Waals surface area contributed by atoms with E-state index in [-0.39, 0.29) is 12.5 Å². The Morgan fingerprint density at radius 3 is 2.73 bits per heavy atom. The molecule has 0 aliphatic carbocycles. The summed E-state index contributed by atoms with van der Waals surface area (Å²) >= 11 is 2.29. The van der Waals surface area contributed by atoms with Gasteiger partial charge < -0.3 is 9.47 Å². The van der Waals surface area contributed by atoms with E-state index in [4.69, 9.17) is 9.47 Å². The van der Waals surface area contributed by atoms with Crippen LogP contribution in [-0.2, 0) is 27.4 Å². The van der Waals surface area contributed by atoms with Crippen molar-refractivity contribution < 1.29 is 19.1 Å². The van der Waals surface area contributed by atoms with Crippen LogP contribution in [0.15, 0.2) is 11.1 Å². The highest BCUT2D eigenvalue weighted by molar-refractivity contribution is 7.20. The Morgan fingerprint density at radius 2 is 2.03 bits per heavy atom. The van der Waals surface area contributed by atoms with Gasteiger partial charge in [0.2, 0.25) is 11.0 Å². The molecule has 0 atom stereocenters. The lowest BCUT2D eigenvalue weighted by Crippen LogP contribution is -2.27. The maximum absolute atomic E-state index is 12.9. The predicted octanol–water partition coefficient (Wildman–Crippen LogP) is 2.22. The molecular weight excluding hydrogens is 430 g/mol. The summed E-state index contributed by atoms with van der Waals surface area (Å²) in [6.07, 6.45) is 1.29. The first-order valence-corrected chi connectivity index (χ1v) is 10.7. The van der Waals surface area contributed by atoms with Gasteiger partial charge in [-0.2, -0.15) is 0 Å². The second-order valence-corrected chi connectivity index (χ2v) is 8.95. The molecule has 0 unspecified atom stereocenters. The summed E-state index contributed by atoms with van der Waals surface area (Å²) in [5.74, 6) is -0.713. The molecule has 0 bridgehead atoms. The maximum atomic E-state index is 12.9. The molecule has 30 heavy (non-hydrogen) atoms. The lowest BCUT2D eigenvalue weighted by molar-refractivity contribution is -0.116. The van der Waals surface area contributed by atoms with E-state index in [1.807, 2.05) is 13.8 Å². The zero-order valence-electron chi connectivity index (χ0n) is 16.9. The molecule has 3 rings (SSSR count). The molecule has 0 saturated carbocycles. The summed E-state index contributed by atoms with van der Waals surface area (Å²) in [7, 11) is 1.54. The first-order chi connectivity index (χ1) is 14.3. The Bertz CT molecular complexity index is 1130. The zero-order chi connectivity index (χ0) is 21.8. The van der Waals surface area contributed by atoms with Gasteiger partial charge in [-0.05, 0) is 18.4 Å². The monoisotopic (exact) mass is 451 g/mol. The van der Waals surface area contributed by atoms with Crippen LogP contribution >= 0.6 is 22.7 Å². The molecule has 0 spiro atoms. The van der Waals surface area contributed by atoms with Gasteiger partial charge in [-0.25, -0.2) is 9.78 Å². The normalized spacial score (nSPS) is 11.2. The number of ether oxygens (including phenoxy) is 2. The molecule has 0 radical (unpaired) electrons. The van der Waals surface area contributed by atoms with Crippen LogP contribution in [0.3, 0.4) is 0 Å². The summed E-state index contributed by atoms with van der Waals surface area (Å²) in [6.45, 7) is 5.90. The van der Waals surface area contributed by atoms with Gasteiger partial charge in [0.15, 0.2) is 0 Å². The van der Waals surface area contributed by atoms with E-state index in [1.54, 1.807) is 6.92 Å². The number of aromatic nitrogens is 4. The van der Waals surface area contributed by atoms with Gasteiger partial charge in [-0.15, -0.1) is 21.5 Å². The molecule has 0 aliphatic heterocycles. The number of methoxy groups -OCH3 is 1. The average molecular weight is 452 g/mol. The number of fused-ring (bicyclic) bond motifs is 1. The number of carbonyl (C=O) groups excluding carboxylic acids is 2. The summed E-state index contributed by atoms with van der Waals surface area (Å²) in [5.41, 5.74) is 0.105. The van der Waals surface area contributed by atoms with Crippen molar-refractivity contribution in [3.05, 3.63) is 32.1 Å². The molecule has 0 aliphatic rings. The Labute approximate surface area is 179 Å². The second kappa shape index (κ2) is 9.41. The molecule has 10 nitrogen and oxygen atoms in total. The number of carbonyl (C=O) groups is 2. The van der Waals surface area contributed by atoms with Crippen LogP contribution < -0.4 is 10.9 Å². The van der Waals surface area contributed by atoms with Crippen molar-refractivity contribution in [3.8, 4) is 0 Å². The molecular formula is C18H21N5O5S2. The summed E-state index contributed by atoms with van der Waals surface area (Å²) in [6, 6.07) is 0. The first kappa shape index (κ1) is 22.0. The first-order valence-electron chi connectivity index (χ1n) is 9.07. The standard InChI is InChI=1S/C18H21N5O5S2/c1-9(2)6-28-17(26)14-10(3)13-15(30-14)19-8-23(16(13)25)5-11(24)20-18-22-21-12(29-18)7-27-4/h8-9H,5-7H2,1-4H3,(H,20,22,24). The van der Waals surface area contributed by atoms with Crippen molar-refractivity contribution in [1.29, 1.82) is 0 Å². The number of hydrogen-bond donors (Lipinski definition) is 1. The van der Waals surface area contributed by atoms with Crippen LogP contribution in [0, 0.1) is 12.8 Å². The van der Waals surface area contributed by atoms with Crippen molar-refractivity contribution in [3.63, 3.8) is 0 Å². The number of anilines is 1. The Balaban J connectivity index is 1.79. The largest absolute Gasteiger partial charge is 0.461 e. The molecule has 0 saturated heterocycles. The fourth-order valence-electron chi connectivity index (χ4n) is 2.57. The molecule has 3 heterocycles. The van der Waals surface area contributed by atoms with Crippen LogP contribution in [-0.4, -0.2) is 45.3 Å². The zero-order valence-corrected chi connectivity index (χ0v) is 18.6. The summed E-state index contributed by atoms with van der Waals surface area (Å²) in [4.78, 5) is 42.6. The smallest absolute Gasteiger partial charge is 0.348 e. The molecule has 0 fully saturated rings. The highest BCUT2D eigenvalue weighted by Crippen LogP contribution is 2.27. The molecule has 3 aromatic rings. The topological polar surface area (TPSA) is 125 Å². The number of aryl methyl sites for hydroxylation is 1. The second-order valence-electron chi connectivity index (χ2n) is 6.89. The van der Waals surface area contributed by atoms with Gasteiger partial charge in [0.1, 0.15) is 27.9 Å². The van der Waals surface area contributed by atoms with Crippen molar-refractivity contribution >= 4 is 49.9 Å². The van der Waals surface area contributed by atoms with Gasteiger partial charge >= 0.3 is 5.97 Å². The van der Waals surface area contributed by atoms with Crippen LogP contribution in [0.2, 0.25) is 0 Å². The molecule has 160 valence electrons. The van der Waals surface area contributed by atoms with Gasteiger partial charge in [-0.1, -0.05) is 25.2 Å². The number of rotatable bonds is 8. The van der Waals surface area contributed by atoms with E-state index >= 15 is 0 Å². The lowest BCUT2D eigenvalue weighted by Gasteiger charge is -2.06. The quantitative estimate of drug-likeness (QED) is 0.517. The van der Waals surface area contributed by atoms with Gasteiger partial charge in [0, 0.05) is 7.11 Å². The highest BCUT2D eigenvalue weighted by Gasteiger charge is 2.21. The van der Waals surface area contributed by atoms with Crippen molar-refractivity contribution in [2.75, 3.05) is 19.0 Å². The Morgan fingerprint density at radius 1 is 1.27 bits per heavy atom. The minimum atomic E-state index is -0.476. The van der Waals surface area contributed by atoms with Crippen molar-refractivity contribution in [2.24, 2.45) is 5.92 Å². The fraction of sp³-hybridized carbons (Fsp3) is 0.444. The van der Waals surface area contributed by atoms with Gasteiger partial charge in [0.25, 0.3) is 5.56 Å². The Kier molecular flexibility index (Phi) is 6.90. The van der Waals surface area contributed by atoms with E-state index < -0.39 is 17.4 Å². The number of amides is 1. The molecule has 3 aromatic heterocycles. The summed E-state index contributed by atoms with van der Waals surface area (Å²) < 4.78 is 11.4. The van der Waals surface area contributed by atoms with E-state index in [2.05, 4.69) is 20.5 Å². The Hall–Kier alpha value is -2.70. The SMILES string of the molecule is COCc1nnc(NC(=O)Cn2cnc3sc(C(=O)OCC(C)C)c(C)c3c2=O)s1. The highest BCUT2D eigenvalue weighted by atomic mass is 32.1. The number of hydrogen-bond acceptors (Lipinski definition) is 10. The average Bonchev–Trinajstić information content (AvgIpc) is 3.26. The third-order valence-electron chi connectivity index (χ3n) is 3.95. The predicted molar refractivity (Wildman–Crippen MR) is 113 cm³/mol. The number of thiophene rings is 1. The number of nitrogens with zero attached hydrogens (tertiary/aromatic N) is 4. The van der Waals surface area contributed by atoms with Crippen molar-refractivity contribution in [1.82, 2.24) is 19.7 Å². The van der Waals surface area contributed by atoms with E-state index in [0.717, 1.165) is 11.3 Å². The van der Waals surface area contributed by atoms with E-state index in [9.17, 15) is 14.4 Å². The minimum absolute atomic E-state index is 0.205. The minimum Gasteiger partial charge on any atom is -0.461 e. The van der Waals surface area contributed by atoms with E-state index in [1.165, 1.54) is 29.3 Å². The number of esters is 1. The molecule has 0 aromatic carbocycles. The fourth-order valence-corrected chi connectivity index (χ4v) is 4.34. The molecule has 1 N–H and O–H groups in total. The lowest BCUT2D eigenvalue weighted by atomic mass is 10.2. The maximum Gasteiger partial charge on any atom is 0.348 e. The van der Waals surface area contributed by atoms with Crippen LogP contribution in [0.1, 0.15) is 34.1 Å². The molecule has 12 heteroatoms. The third-order valence-corrected chi connectivity index (χ3v) is 5.94. The van der Waals surface area contributed by atoms with Crippen LogP contribution in [0.25, 0.3) is 10.2 Å². The van der Waals surface area contributed by atoms with Gasteiger partial charge in [0.05, 0.1) is 18.3 Å².